The van der Waals surface area contributed by atoms with E-state index in [1.807, 2.05) is 0 Å². The van der Waals surface area contributed by atoms with Crippen molar-refractivity contribution in [1.29, 1.82) is 0 Å². The van der Waals surface area contributed by atoms with Gasteiger partial charge in [-0.1, -0.05) is 19.8 Å². The summed E-state index contributed by atoms with van der Waals surface area (Å²) in [6.45, 7) is 2.07. The molecule has 20 heavy (non-hydrogen) atoms. The van der Waals surface area contributed by atoms with Crippen LogP contribution in [-0.4, -0.2) is 22.0 Å². The fraction of sp³-hybridized carbons (Fsp3) is 0.500. The first-order chi connectivity index (χ1) is 9.51. The zero-order chi connectivity index (χ0) is 14.7. The zero-order valence-corrected chi connectivity index (χ0v) is 11.3. The van der Waals surface area contributed by atoms with Crippen LogP contribution in [0.4, 0.5) is 11.4 Å². The molecule has 1 aliphatic carbocycles. The number of rotatable bonds is 7. The molecule has 0 heterocycles. The number of carboxylic acid groups (broad SMARTS) is 1. The average Bonchev–Trinajstić information content (AvgIpc) is 3.21. The van der Waals surface area contributed by atoms with E-state index in [-0.39, 0.29) is 17.3 Å². The van der Waals surface area contributed by atoms with E-state index in [0.29, 0.717) is 5.69 Å². The lowest BCUT2D eigenvalue weighted by molar-refractivity contribution is -0.385. The lowest BCUT2D eigenvalue weighted by Gasteiger charge is -2.18. The molecule has 2 rings (SSSR count). The molecule has 0 saturated heterocycles. The van der Waals surface area contributed by atoms with Gasteiger partial charge in [0.1, 0.15) is 5.56 Å². The minimum atomic E-state index is -1.28. The average molecular weight is 278 g/mol. The summed E-state index contributed by atoms with van der Waals surface area (Å²) in [7, 11) is 0. The third-order valence-electron chi connectivity index (χ3n) is 3.60. The summed E-state index contributed by atoms with van der Waals surface area (Å²) in [6, 6.07) is 4.45. The molecular formula is C14H18N2O4. The van der Waals surface area contributed by atoms with E-state index in [2.05, 4.69) is 12.2 Å². The number of carboxylic acids is 1. The van der Waals surface area contributed by atoms with E-state index >= 15 is 0 Å². The molecule has 1 aliphatic rings. The van der Waals surface area contributed by atoms with Gasteiger partial charge in [0.15, 0.2) is 0 Å². The molecule has 6 nitrogen and oxygen atoms in total. The SMILES string of the molecule is CCC(CC1CC1)Nc1ccc(C(=O)O)c([N+](=O)[O-])c1. The van der Waals surface area contributed by atoms with Crippen LogP contribution in [0, 0.1) is 16.0 Å². The molecule has 1 atom stereocenters. The molecule has 1 aromatic rings. The molecule has 0 aliphatic heterocycles. The third kappa shape index (κ3) is 3.46. The summed E-state index contributed by atoms with van der Waals surface area (Å²) in [6.07, 6.45) is 4.52. The highest BCUT2D eigenvalue weighted by Gasteiger charge is 2.25. The van der Waals surface area contributed by atoms with Gasteiger partial charge >= 0.3 is 5.97 Å². The Morgan fingerprint density at radius 2 is 2.25 bits per heavy atom. The molecule has 1 fully saturated rings. The molecular weight excluding hydrogens is 260 g/mol. The third-order valence-corrected chi connectivity index (χ3v) is 3.60. The molecule has 1 saturated carbocycles. The zero-order valence-electron chi connectivity index (χ0n) is 11.3. The lowest BCUT2D eigenvalue weighted by atomic mass is 10.1. The van der Waals surface area contributed by atoms with E-state index in [9.17, 15) is 14.9 Å². The normalized spacial score (nSPS) is 15.7. The summed E-state index contributed by atoms with van der Waals surface area (Å²) >= 11 is 0. The Labute approximate surface area is 117 Å². The summed E-state index contributed by atoms with van der Waals surface area (Å²) in [5.74, 6) is -0.519. The van der Waals surface area contributed by atoms with Crippen molar-refractivity contribution in [2.45, 2.75) is 38.6 Å². The van der Waals surface area contributed by atoms with Crippen molar-refractivity contribution >= 4 is 17.3 Å². The first-order valence-corrected chi connectivity index (χ1v) is 6.79. The van der Waals surface area contributed by atoms with Crippen molar-refractivity contribution in [2.75, 3.05) is 5.32 Å². The number of hydrogen-bond acceptors (Lipinski definition) is 4. The monoisotopic (exact) mass is 278 g/mol. The van der Waals surface area contributed by atoms with Crippen LogP contribution in [0.1, 0.15) is 43.0 Å². The van der Waals surface area contributed by atoms with E-state index in [0.717, 1.165) is 18.8 Å². The Morgan fingerprint density at radius 3 is 2.75 bits per heavy atom. The lowest BCUT2D eigenvalue weighted by Crippen LogP contribution is -2.19. The standard InChI is InChI=1S/C14H18N2O4/c1-2-10(7-9-3-4-9)15-11-5-6-12(14(17)18)13(8-11)16(19)20/h5-6,8-10,15H,2-4,7H2,1H3,(H,17,18). The number of hydrogen-bond donors (Lipinski definition) is 2. The number of nitro groups is 1. The van der Waals surface area contributed by atoms with Gasteiger partial charge in [0.2, 0.25) is 0 Å². The minimum absolute atomic E-state index is 0.276. The number of nitrogens with one attached hydrogen (secondary N) is 1. The van der Waals surface area contributed by atoms with Gasteiger partial charge in [-0.2, -0.15) is 0 Å². The van der Waals surface area contributed by atoms with Crippen LogP contribution >= 0.6 is 0 Å². The fourth-order valence-corrected chi connectivity index (χ4v) is 2.27. The summed E-state index contributed by atoms with van der Waals surface area (Å²) in [5.41, 5.74) is -0.0474. The maximum Gasteiger partial charge on any atom is 0.342 e. The number of anilines is 1. The maximum absolute atomic E-state index is 10.9. The van der Waals surface area contributed by atoms with Crippen LogP contribution in [0.25, 0.3) is 0 Å². The summed E-state index contributed by atoms with van der Waals surface area (Å²) in [4.78, 5) is 21.2. The predicted molar refractivity (Wildman–Crippen MR) is 75.1 cm³/mol. The number of nitro benzene ring substituents is 1. The van der Waals surface area contributed by atoms with Gasteiger partial charge < -0.3 is 10.4 Å². The molecule has 2 N–H and O–H groups in total. The molecule has 0 aromatic heterocycles. The Morgan fingerprint density at radius 1 is 1.55 bits per heavy atom. The van der Waals surface area contributed by atoms with Crippen LogP contribution in [0.3, 0.4) is 0 Å². The molecule has 1 aromatic carbocycles. The highest BCUT2D eigenvalue weighted by Crippen LogP contribution is 2.35. The van der Waals surface area contributed by atoms with Gasteiger partial charge in [0, 0.05) is 17.8 Å². The van der Waals surface area contributed by atoms with Crippen LogP contribution in [0.5, 0.6) is 0 Å². The van der Waals surface area contributed by atoms with Crippen molar-refractivity contribution in [3.63, 3.8) is 0 Å². The Balaban J connectivity index is 2.16. The van der Waals surface area contributed by atoms with Gasteiger partial charge in [0.05, 0.1) is 4.92 Å². The second kappa shape index (κ2) is 5.90. The van der Waals surface area contributed by atoms with Crippen LogP contribution in [-0.2, 0) is 0 Å². The van der Waals surface area contributed by atoms with Crippen molar-refractivity contribution < 1.29 is 14.8 Å². The maximum atomic E-state index is 10.9. The summed E-state index contributed by atoms with van der Waals surface area (Å²) in [5, 5.41) is 23.1. The topological polar surface area (TPSA) is 92.5 Å². The van der Waals surface area contributed by atoms with Gasteiger partial charge in [-0.15, -0.1) is 0 Å². The first-order valence-electron chi connectivity index (χ1n) is 6.79. The van der Waals surface area contributed by atoms with Crippen molar-refractivity contribution in [3.8, 4) is 0 Å². The van der Waals surface area contributed by atoms with Crippen LogP contribution < -0.4 is 5.32 Å². The van der Waals surface area contributed by atoms with E-state index < -0.39 is 10.9 Å². The van der Waals surface area contributed by atoms with E-state index in [1.165, 1.54) is 25.0 Å². The molecule has 6 heteroatoms. The van der Waals surface area contributed by atoms with E-state index in [4.69, 9.17) is 5.11 Å². The van der Waals surface area contributed by atoms with Gasteiger partial charge in [-0.3, -0.25) is 10.1 Å². The van der Waals surface area contributed by atoms with Gasteiger partial charge in [0.25, 0.3) is 5.69 Å². The predicted octanol–water partition coefficient (Wildman–Crippen LogP) is 3.28. The fourth-order valence-electron chi connectivity index (χ4n) is 2.27. The first kappa shape index (κ1) is 14.3. The number of aromatic carboxylic acids is 1. The second-order valence-corrected chi connectivity index (χ2v) is 5.22. The summed E-state index contributed by atoms with van der Waals surface area (Å²) < 4.78 is 0. The minimum Gasteiger partial charge on any atom is -0.477 e. The van der Waals surface area contributed by atoms with Crippen molar-refractivity contribution in [1.82, 2.24) is 0 Å². The van der Waals surface area contributed by atoms with Crippen molar-refractivity contribution in [3.05, 3.63) is 33.9 Å². The van der Waals surface area contributed by atoms with Gasteiger partial charge in [-0.25, -0.2) is 4.79 Å². The Hall–Kier alpha value is -2.11. The number of carbonyl (C=O) groups is 1. The van der Waals surface area contributed by atoms with Crippen molar-refractivity contribution in [2.24, 2.45) is 5.92 Å². The molecule has 108 valence electrons. The largest absolute Gasteiger partial charge is 0.477 e. The Kier molecular flexibility index (Phi) is 4.22. The molecule has 1 unspecified atom stereocenters. The van der Waals surface area contributed by atoms with Crippen LogP contribution in [0.2, 0.25) is 0 Å². The second-order valence-electron chi connectivity index (χ2n) is 5.22. The van der Waals surface area contributed by atoms with Gasteiger partial charge in [-0.05, 0) is 30.9 Å². The highest BCUT2D eigenvalue weighted by atomic mass is 16.6. The van der Waals surface area contributed by atoms with E-state index in [1.54, 1.807) is 6.07 Å². The molecule has 0 amide bonds. The molecule has 0 spiro atoms. The molecule has 0 radical (unpaired) electrons. The highest BCUT2D eigenvalue weighted by molar-refractivity contribution is 5.93. The Bertz CT molecular complexity index is 526. The van der Waals surface area contributed by atoms with Crippen LogP contribution in [0.15, 0.2) is 18.2 Å². The number of benzene rings is 1. The molecule has 0 bridgehead atoms. The smallest absolute Gasteiger partial charge is 0.342 e. The quantitative estimate of drug-likeness (QED) is 0.589. The number of nitrogens with zero attached hydrogens (tertiary/aromatic N) is 1.